The fourth-order valence-corrected chi connectivity index (χ4v) is 2.76. The molecule has 3 heteroatoms. The highest BCUT2D eigenvalue weighted by Gasteiger charge is 2.15. The molecule has 1 aromatic heterocycles. The van der Waals surface area contributed by atoms with Gasteiger partial charge in [-0.25, -0.2) is 4.98 Å². The molecule has 1 atom stereocenters. The molecule has 0 saturated heterocycles. The van der Waals surface area contributed by atoms with Crippen LogP contribution in [-0.4, -0.2) is 18.6 Å². The van der Waals surface area contributed by atoms with Crippen LogP contribution in [0.15, 0.2) is 18.3 Å². The molecule has 21 heavy (non-hydrogen) atoms. The SMILES string of the molecule is CCCCCCCCCC(NCC)c1cccnc1OC. The van der Waals surface area contributed by atoms with E-state index in [1.54, 1.807) is 13.3 Å². The Morgan fingerprint density at radius 1 is 1.10 bits per heavy atom. The molecule has 3 nitrogen and oxygen atoms in total. The van der Waals surface area contributed by atoms with Crippen LogP contribution < -0.4 is 10.1 Å². The van der Waals surface area contributed by atoms with Gasteiger partial charge in [0.25, 0.3) is 0 Å². The fraction of sp³-hybridized carbons (Fsp3) is 0.722. The van der Waals surface area contributed by atoms with E-state index in [4.69, 9.17) is 4.74 Å². The number of methoxy groups -OCH3 is 1. The van der Waals surface area contributed by atoms with Gasteiger partial charge < -0.3 is 10.1 Å². The molecule has 0 aliphatic rings. The van der Waals surface area contributed by atoms with Crippen LogP contribution >= 0.6 is 0 Å². The second-order valence-corrected chi connectivity index (χ2v) is 5.62. The average molecular weight is 292 g/mol. The molecule has 0 bridgehead atoms. The first-order valence-electron chi connectivity index (χ1n) is 8.55. The Labute approximate surface area is 130 Å². The lowest BCUT2D eigenvalue weighted by Crippen LogP contribution is -2.21. The minimum atomic E-state index is 0.356. The van der Waals surface area contributed by atoms with Gasteiger partial charge in [0.1, 0.15) is 0 Å². The monoisotopic (exact) mass is 292 g/mol. The molecule has 1 heterocycles. The Bertz CT molecular complexity index is 368. The summed E-state index contributed by atoms with van der Waals surface area (Å²) < 4.78 is 5.39. The third kappa shape index (κ3) is 6.94. The maximum Gasteiger partial charge on any atom is 0.217 e. The number of ether oxygens (including phenoxy) is 1. The summed E-state index contributed by atoms with van der Waals surface area (Å²) in [6.07, 6.45) is 12.4. The second kappa shape index (κ2) is 11.6. The molecular formula is C18H32N2O. The average Bonchev–Trinajstić information content (AvgIpc) is 2.53. The van der Waals surface area contributed by atoms with Crippen molar-refractivity contribution in [1.82, 2.24) is 10.3 Å². The van der Waals surface area contributed by atoms with Gasteiger partial charge >= 0.3 is 0 Å². The van der Waals surface area contributed by atoms with Crippen LogP contribution in [0.2, 0.25) is 0 Å². The van der Waals surface area contributed by atoms with E-state index in [0.717, 1.165) is 18.8 Å². The van der Waals surface area contributed by atoms with E-state index in [2.05, 4.69) is 30.2 Å². The van der Waals surface area contributed by atoms with Crippen LogP contribution in [0.5, 0.6) is 5.88 Å². The van der Waals surface area contributed by atoms with Crippen molar-refractivity contribution < 1.29 is 4.74 Å². The van der Waals surface area contributed by atoms with Crippen molar-refractivity contribution >= 4 is 0 Å². The number of nitrogens with zero attached hydrogens (tertiary/aromatic N) is 1. The standard InChI is InChI=1S/C18H32N2O/c1-4-6-7-8-9-10-11-14-17(19-5-2)16-13-12-15-20-18(16)21-3/h12-13,15,17,19H,4-11,14H2,1-3H3. The molecule has 1 rings (SSSR count). The summed E-state index contributed by atoms with van der Waals surface area (Å²) in [5.41, 5.74) is 1.19. The lowest BCUT2D eigenvalue weighted by molar-refractivity contribution is 0.377. The number of pyridine rings is 1. The van der Waals surface area contributed by atoms with Gasteiger partial charge in [-0.15, -0.1) is 0 Å². The molecule has 0 fully saturated rings. The third-order valence-electron chi connectivity index (χ3n) is 3.92. The van der Waals surface area contributed by atoms with Crippen molar-refractivity contribution in [3.8, 4) is 5.88 Å². The number of unbranched alkanes of at least 4 members (excludes halogenated alkanes) is 6. The highest BCUT2D eigenvalue weighted by atomic mass is 16.5. The maximum atomic E-state index is 5.39. The molecular weight excluding hydrogens is 260 g/mol. The number of aromatic nitrogens is 1. The van der Waals surface area contributed by atoms with E-state index in [-0.39, 0.29) is 0 Å². The summed E-state index contributed by atoms with van der Waals surface area (Å²) in [5, 5.41) is 3.56. The maximum absolute atomic E-state index is 5.39. The zero-order valence-electron chi connectivity index (χ0n) is 14.0. The van der Waals surface area contributed by atoms with Crippen LogP contribution in [0.1, 0.15) is 76.8 Å². The molecule has 0 spiro atoms. The van der Waals surface area contributed by atoms with Gasteiger partial charge in [-0.1, -0.05) is 64.9 Å². The van der Waals surface area contributed by atoms with Crippen LogP contribution in [0.3, 0.4) is 0 Å². The first-order chi connectivity index (χ1) is 10.3. The zero-order chi connectivity index (χ0) is 15.3. The quantitative estimate of drug-likeness (QED) is 0.557. The molecule has 0 aliphatic carbocycles. The molecule has 0 saturated carbocycles. The Morgan fingerprint density at radius 3 is 2.48 bits per heavy atom. The lowest BCUT2D eigenvalue weighted by Gasteiger charge is -2.20. The molecule has 1 aromatic rings. The normalized spacial score (nSPS) is 12.3. The third-order valence-corrected chi connectivity index (χ3v) is 3.92. The van der Waals surface area contributed by atoms with Crippen LogP contribution in [0.4, 0.5) is 0 Å². The molecule has 120 valence electrons. The Kier molecular flexibility index (Phi) is 9.88. The smallest absolute Gasteiger partial charge is 0.217 e. The lowest BCUT2D eigenvalue weighted by atomic mass is 10.00. The second-order valence-electron chi connectivity index (χ2n) is 5.62. The summed E-state index contributed by atoms with van der Waals surface area (Å²) in [6, 6.07) is 4.47. The van der Waals surface area contributed by atoms with Gasteiger partial charge in [-0.05, 0) is 19.0 Å². The largest absolute Gasteiger partial charge is 0.481 e. The van der Waals surface area contributed by atoms with E-state index in [1.165, 1.54) is 50.5 Å². The zero-order valence-corrected chi connectivity index (χ0v) is 14.0. The molecule has 0 aliphatic heterocycles. The molecule has 0 aromatic carbocycles. The van der Waals surface area contributed by atoms with Gasteiger partial charge in [-0.2, -0.15) is 0 Å². The van der Waals surface area contributed by atoms with Crippen molar-refractivity contribution in [1.29, 1.82) is 0 Å². The topological polar surface area (TPSA) is 34.2 Å². The predicted octanol–water partition coefficient (Wildman–Crippen LogP) is 4.88. The van der Waals surface area contributed by atoms with Gasteiger partial charge in [0, 0.05) is 17.8 Å². The van der Waals surface area contributed by atoms with E-state index >= 15 is 0 Å². The van der Waals surface area contributed by atoms with Crippen LogP contribution in [0.25, 0.3) is 0 Å². The van der Waals surface area contributed by atoms with E-state index in [9.17, 15) is 0 Å². The van der Waals surface area contributed by atoms with Crippen molar-refractivity contribution in [2.75, 3.05) is 13.7 Å². The van der Waals surface area contributed by atoms with Crippen molar-refractivity contribution in [3.63, 3.8) is 0 Å². The van der Waals surface area contributed by atoms with Gasteiger partial charge in [0.2, 0.25) is 5.88 Å². The van der Waals surface area contributed by atoms with E-state index in [1.807, 2.05) is 6.07 Å². The summed E-state index contributed by atoms with van der Waals surface area (Å²) in [7, 11) is 1.70. The fourth-order valence-electron chi connectivity index (χ4n) is 2.76. The summed E-state index contributed by atoms with van der Waals surface area (Å²) in [6.45, 7) is 5.39. The highest BCUT2D eigenvalue weighted by Crippen LogP contribution is 2.26. The summed E-state index contributed by atoms with van der Waals surface area (Å²) >= 11 is 0. The van der Waals surface area contributed by atoms with E-state index < -0.39 is 0 Å². The molecule has 0 radical (unpaired) electrons. The van der Waals surface area contributed by atoms with Crippen molar-refractivity contribution in [2.45, 2.75) is 71.3 Å². The van der Waals surface area contributed by atoms with Crippen molar-refractivity contribution in [3.05, 3.63) is 23.9 Å². The Balaban J connectivity index is 2.39. The number of hydrogen-bond acceptors (Lipinski definition) is 3. The first-order valence-corrected chi connectivity index (χ1v) is 8.55. The molecule has 0 amide bonds. The first kappa shape index (κ1) is 18.0. The summed E-state index contributed by atoms with van der Waals surface area (Å²) in [5.74, 6) is 0.756. The Hall–Kier alpha value is -1.09. The van der Waals surface area contributed by atoms with Gasteiger partial charge in [0.15, 0.2) is 0 Å². The van der Waals surface area contributed by atoms with Gasteiger partial charge in [0.05, 0.1) is 7.11 Å². The van der Waals surface area contributed by atoms with Crippen LogP contribution in [-0.2, 0) is 0 Å². The Morgan fingerprint density at radius 2 is 1.81 bits per heavy atom. The highest BCUT2D eigenvalue weighted by molar-refractivity contribution is 5.28. The number of rotatable bonds is 12. The minimum absolute atomic E-state index is 0.356. The number of nitrogens with one attached hydrogen (secondary N) is 1. The predicted molar refractivity (Wildman–Crippen MR) is 89.8 cm³/mol. The van der Waals surface area contributed by atoms with Crippen molar-refractivity contribution in [2.24, 2.45) is 0 Å². The van der Waals surface area contributed by atoms with Crippen LogP contribution in [0, 0.1) is 0 Å². The molecule has 1 unspecified atom stereocenters. The summed E-state index contributed by atoms with van der Waals surface area (Å²) in [4.78, 5) is 4.32. The molecule has 1 N–H and O–H groups in total. The minimum Gasteiger partial charge on any atom is -0.481 e. The van der Waals surface area contributed by atoms with E-state index in [0.29, 0.717) is 6.04 Å². The van der Waals surface area contributed by atoms with Gasteiger partial charge in [-0.3, -0.25) is 0 Å². The number of hydrogen-bond donors (Lipinski definition) is 1.